The highest BCUT2D eigenvalue weighted by Gasteiger charge is 2.31. The molecule has 0 spiro atoms. The zero-order valence-corrected chi connectivity index (χ0v) is 20.4. The highest BCUT2D eigenvalue weighted by molar-refractivity contribution is 5.89. The maximum absolute atomic E-state index is 13.7. The van der Waals surface area contributed by atoms with Crippen molar-refractivity contribution in [1.29, 1.82) is 0 Å². The summed E-state index contributed by atoms with van der Waals surface area (Å²) < 4.78 is 3.47. The molecular formula is C27H30N6O2. The van der Waals surface area contributed by atoms with Gasteiger partial charge in [0.1, 0.15) is 11.9 Å². The molecule has 5 rings (SSSR count). The summed E-state index contributed by atoms with van der Waals surface area (Å²) in [6, 6.07) is 14.9. The van der Waals surface area contributed by atoms with Crippen LogP contribution in [0.4, 0.5) is 5.82 Å². The van der Waals surface area contributed by atoms with Crippen molar-refractivity contribution in [2.45, 2.75) is 33.2 Å². The fourth-order valence-electron chi connectivity index (χ4n) is 5.18. The largest absolute Gasteiger partial charge is 0.353 e. The first kappa shape index (κ1) is 22.8. The van der Waals surface area contributed by atoms with Crippen LogP contribution in [0.3, 0.4) is 0 Å². The molecule has 35 heavy (non-hydrogen) atoms. The number of benzene rings is 1. The summed E-state index contributed by atoms with van der Waals surface area (Å²) in [5.41, 5.74) is 2.26. The van der Waals surface area contributed by atoms with Gasteiger partial charge in [-0.05, 0) is 44.5 Å². The second-order valence-electron chi connectivity index (χ2n) is 8.95. The van der Waals surface area contributed by atoms with Crippen LogP contribution in [0.25, 0.3) is 16.5 Å². The normalized spacial score (nSPS) is 14.9. The van der Waals surface area contributed by atoms with Gasteiger partial charge in [-0.15, -0.1) is 0 Å². The number of rotatable bonds is 5. The number of hydrogen-bond donors (Lipinski definition) is 0. The van der Waals surface area contributed by atoms with Crippen LogP contribution in [0.1, 0.15) is 30.8 Å². The SMILES string of the molecule is CC[C@@H](C(=O)N1CCN(c2ccccn2)CC1)n1c(C)c2cnn(-c3ccccc3)c(=O)c2c1C. The highest BCUT2D eigenvalue weighted by atomic mass is 16.2. The van der Waals surface area contributed by atoms with Crippen molar-refractivity contribution in [2.75, 3.05) is 31.1 Å². The van der Waals surface area contributed by atoms with Gasteiger partial charge in [0.05, 0.1) is 17.3 Å². The van der Waals surface area contributed by atoms with E-state index >= 15 is 0 Å². The maximum Gasteiger partial charge on any atom is 0.281 e. The standard InChI is InChI=1S/C27H30N6O2/c1-4-23(26(34)31-16-14-30(15-17-31)24-12-8-9-13-28-24)32-19(2)22-18-29-33(21-10-6-5-7-11-21)27(35)25(22)20(32)3/h5-13,18,23H,4,14-17H2,1-3H3/t23-/m0/s1. The van der Waals surface area contributed by atoms with E-state index in [1.165, 1.54) is 4.68 Å². The topological polar surface area (TPSA) is 76.3 Å². The number of hydrogen-bond acceptors (Lipinski definition) is 5. The molecule has 1 amide bonds. The van der Waals surface area contributed by atoms with Crippen molar-refractivity contribution in [3.8, 4) is 5.69 Å². The Bertz CT molecular complexity index is 1400. The molecule has 1 saturated heterocycles. The smallest absolute Gasteiger partial charge is 0.281 e. The summed E-state index contributed by atoms with van der Waals surface area (Å²) in [5.74, 6) is 1.04. The predicted molar refractivity (Wildman–Crippen MR) is 137 cm³/mol. The quantitative estimate of drug-likeness (QED) is 0.446. The van der Waals surface area contributed by atoms with Crippen LogP contribution in [-0.2, 0) is 4.79 Å². The Hall–Kier alpha value is -3.94. The summed E-state index contributed by atoms with van der Waals surface area (Å²) in [7, 11) is 0. The minimum atomic E-state index is -0.367. The summed E-state index contributed by atoms with van der Waals surface area (Å²) in [6.07, 6.45) is 4.18. The summed E-state index contributed by atoms with van der Waals surface area (Å²) in [4.78, 5) is 35.7. The lowest BCUT2D eigenvalue weighted by molar-refractivity contribution is -0.135. The van der Waals surface area contributed by atoms with Crippen LogP contribution in [0.5, 0.6) is 0 Å². The molecule has 1 aliphatic heterocycles. The van der Waals surface area contributed by atoms with E-state index in [-0.39, 0.29) is 17.5 Å². The van der Waals surface area contributed by atoms with Crippen molar-refractivity contribution in [1.82, 2.24) is 24.2 Å². The number of aryl methyl sites for hydroxylation is 2. The van der Waals surface area contributed by atoms with Gasteiger partial charge < -0.3 is 14.4 Å². The van der Waals surface area contributed by atoms with E-state index < -0.39 is 0 Å². The van der Waals surface area contributed by atoms with Crippen molar-refractivity contribution in [3.05, 3.63) is 82.7 Å². The van der Waals surface area contributed by atoms with E-state index in [1.807, 2.05) is 78.8 Å². The number of fused-ring (bicyclic) bond motifs is 1. The molecule has 0 radical (unpaired) electrons. The number of carbonyl (C=O) groups excluding carboxylic acids is 1. The van der Waals surface area contributed by atoms with E-state index in [0.29, 0.717) is 24.9 Å². The van der Waals surface area contributed by atoms with Crippen molar-refractivity contribution >= 4 is 22.5 Å². The summed E-state index contributed by atoms with van der Waals surface area (Å²) in [6.45, 7) is 8.71. The van der Waals surface area contributed by atoms with Gasteiger partial charge in [0.25, 0.3) is 5.56 Å². The average Bonchev–Trinajstić information content (AvgIpc) is 3.16. The predicted octanol–water partition coefficient (Wildman–Crippen LogP) is 3.50. The Balaban J connectivity index is 1.45. The molecule has 3 aromatic heterocycles. The van der Waals surface area contributed by atoms with Crippen LogP contribution in [0.15, 0.2) is 65.7 Å². The Kier molecular flexibility index (Phi) is 6.11. The number of anilines is 1. The Morgan fingerprint density at radius 1 is 0.971 bits per heavy atom. The summed E-state index contributed by atoms with van der Waals surface area (Å²) >= 11 is 0. The second kappa shape index (κ2) is 9.37. The molecule has 0 aliphatic carbocycles. The van der Waals surface area contributed by atoms with E-state index in [2.05, 4.69) is 15.0 Å². The van der Waals surface area contributed by atoms with E-state index in [9.17, 15) is 9.59 Å². The van der Waals surface area contributed by atoms with E-state index in [0.717, 1.165) is 41.4 Å². The second-order valence-corrected chi connectivity index (χ2v) is 8.95. The number of aromatic nitrogens is 4. The zero-order valence-electron chi connectivity index (χ0n) is 20.4. The minimum Gasteiger partial charge on any atom is -0.353 e. The molecule has 8 nitrogen and oxygen atoms in total. The zero-order chi connectivity index (χ0) is 24.5. The van der Waals surface area contributed by atoms with Crippen LogP contribution in [0, 0.1) is 13.8 Å². The molecule has 1 aromatic carbocycles. The molecule has 1 fully saturated rings. The molecule has 4 aromatic rings. The van der Waals surface area contributed by atoms with Gasteiger partial charge in [-0.25, -0.2) is 4.98 Å². The third kappa shape index (κ3) is 3.99. The van der Waals surface area contributed by atoms with Crippen LogP contribution < -0.4 is 10.5 Å². The van der Waals surface area contributed by atoms with E-state index in [4.69, 9.17) is 0 Å². The number of para-hydroxylation sites is 1. The number of carbonyl (C=O) groups is 1. The lowest BCUT2D eigenvalue weighted by Crippen LogP contribution is -2.51. The number of nitrogens with zero attached hydrogens (tertiary/aromatic N) is 6. The first-order valence-corrected chi connectivity index (χ1v) is 12.1. The minimum absolute atomic E-state index is 0.0935. The lowest BCUT2D eigenvalue weighted by Gasteiger charge is -2.37. The molecule has 0 saturated carbocycles. The average molecular weight is 471 g/mol. The molecule has 1 aliphatic rings. The van der Waals surface area contributed by atoms with E-state index in [1.54, 1.807) is 12.4 Å². The van der Waals surface area contributed by atoms with Gasteiger partial charge >= 0.3 is 0 Å². The molecule has 4 heterocycles. The van der Waals surface area contributed by atoms with Crippen molar-refractivity contribution in [3.63, 3.8) is 0 Å². The van der Waals surface area contributed by atoms with Gasteiger partial charge in [0.15, 0.2) is 0 Å². The number of amides is 1. The Morgan fingerprint density at radius 2 is 1.69 bits per heavy atom. The lowest BCUT2D eigenvalue weighted by atomic mass is 10.1. The molecule has 0 N–H and O–H groups in total. The van der Waals surface area contributed by atoms with Gasteiger partial charge in [-0.1, -0.05) is 31.2 Å². The van der Waals surface area contributed by atoms with Crippen molar-refractivity contribution in [2.24, 2.45) is 0 Å². The first-order chi connectivity index (χ1) is 17.0. The van der Waals surface area contributed by atoms with Crippen molar-refractivity contribution < 1.29 is 4.79 Å². The van der Waals surface area contributed by atoms with Gasteiger partial charge in [0, 0.05) is 49.1 Å². The molecule has 8 heteroatoms. The molecule has 180 valence electrons. The van der Waals surface area contributed by atoms with Gasteiger partial charge in [-0.2, -0.15) is 9.78 Å². The molecule has 0 bridgehead atoms. The summed E-state index contributed by atoms with van der Waals surface area (Å²) in [5, 5.41) is 5.85. The fourth-order valence-corrected chi connectivity index (χ4v) is 5.18. The third-order valence-electron chi connectivity index (χ3n) is 7.00. The molecular weight excluding hydrogens is 440 g/mol. The number of pyridine rings is 1. The third-order valence-corrected chi connectivity index (χ3v) is 7.00. The monoisotopic (exact) mass is 470 g/mol. The fraction of sp³-hybridized carbons (Fsp3) is 0.333. The van der Waals surface area contributed by atoms with Gasteiger partial charge in [-0.3, -0.25) is 9.59 Å². The van der Waals surface area contributed by atoms with Crippen LogP contribution in [0.2, 0.25) is 0 Å². The Morgan fingerprint density at radius 3 is 2.34 bits per heavy atom. The molecule has 1 atom stereocenters. The van der Waals surface area contributed by atoms with Gasteiger partial charge in [0.2, 0.25) is 5.91 Å². The highest BCUT2D eigenvalue weighted by Crippen LogP contribution is 2.29. The maximum atomic E-state index is 13.7. The Labute approximate surface area is 204 Å². The molecule has 0 unspecified atom stereocenters. The number of piperazine rings is 1. The first-order valence-electron chi connectivity index (χ1n) is 12.1. The van der Waals surface area contributed by atoms with Crippen LogP contribution in [-0.4, -0.2) is 56.3 Å². The van der Waals surface area contributed by atoms with Crippen LogP contribution >= 0.6 is 0 Å².